The number of nitriles is 1. The summed E-state index contributed by atoms with van der Waals surface area (Å²) in [5.74, 6) is 0.802. The molecule has 9 heteroatoms. The van der Waals surface area contributed by atoms with Crippen LogP contribution < -0.4 is 24.4 Å². The van der Waals surface area contributed by atoms with E-state index < -0.39 is 12.0 Å². The predicted octanol–water partition coefficient (Wildman–Crippen LogP) is 4.22. The Balaban J connectivity index is 1.87. The first-order valence-electron chi connectivity index (χ1n) is 12.8. The lowest BCUT2D eigenvalue weighted by Crippen LogP contribution is -2.39. The van der Waals surface area contributed by atoms with E-state index in [9.17, 15) is 9.59 Å². The summed E-state index contributed by atoms with van der Waals surface area (Å²) in [5.41, 5.74) is 3.32. The molecule has 0 saturated carbocycles. The summed E-state index contributed by atoms with van der Waals surface area (Å²) in [6, 6.07) is 14.5. The lowest BCUT2D eigenvalue weighted by Gasteiger charge is -2.25. The monoisotopic (exact) mass is 545 g/mol. The zero-order valence-electron chi connectivity index (χ0n) is 22.7. The Morgan fingerprint density at radius 3 is 2.51 bits per heavy atom. The van der Waals surface area contributed by atoms with Crippen LogP contribution in [0.25, 0.3) is 6.08 Å². The van der Waals surface area contributed by atoms with E-state index in [-0.39, 0.29) is 18.8 Å². The van der Waals surface area contributed by atoms with Gasteiger partial charge in [0.1, 0.15) is 6.07 Å². The molecule has 1 atom stereocenters. The summed E-state index contributed by atoms with van der Waals surface area (Å²) in [6.45, 7) is 10.1. The molecule has 3 aromatic rings. The number of carbonyl (C=O) groups excluding carboxylic acids is 1. The van der Waals surface area contributed by atoms with Crippen molar-refractivity contribution in [2.75, 3.05) is 19.8 Å². The van der Waals surface area contributed by atoms with E-state index in [0.29, 0.717) is 44.6 Å². The van der Waals surface area contributed by atoms with E-state index in [0.717, 1.165) is 16.7 Å². The number of aromatic nitrogens is 1. The second kappa shape index (κ2) is 12.1. The molecule has 0 spiro atoms. The second-order valence-corrected chi connectivity index (χ2v) is 10.2. The van der Waals surface area contributed by atoms with Gasteiger partial charge in [0.25, 0.3) is 5.56 Å². The van der Waals surface area contributed by atoms with Crippen LogP contribution in [0.5, 0.6) is 11.5 Å². The van der Waals surface area contributed by atoms with Gasteiger partial charge in [0, 0.05) is 0 Å². The molecule has 202 valence electrons. The summed E-state index contributed by atoms with van der Waals surface area (Å²) >= 11 is 1.26. The van der Waals surface area contributed by atoms with Crippen LogP contribution in [0.2, 0.25) is 0 Å². The van der Waals surface area contributed by atoms with Gasteiger partial charge < -0.3 is 14.2 Å². The number of carbonyl (C=O) groups is 1. The molecule has 0 N–H and O–H groups in total. The predicted molar refractivity (Wildman–Crippen MR) is 150 cm³/mol. The maximum Gasteiger partial charge on any atom is 0.338 e. The smallest absolute Gasteiger partial charge is 0.338 e. The molecular formula is C30H31N3O5S. The Morgan fingerprint density at radius 2 is 1.87 bits per heavy atom. The van der Waals surface area contributed by atoms with Crippen LogP contribution in [0.3, 0.4) is 0 Å². The van der Waals surface area contributed by atoms with Crippen LogP contribution in [-0.2, 0) is 9.53 Å². The van der Waals surface area contributed by atoms with Crippen LogP contribution in [0.1, 0.15) is 63.3 Å². The zero-order valence-corrected chi connectivity index (χ0v) is 23.5. The molecule has 2 aromatic carbocycles. The molecule has 4 rings (SSSR count). The average Bonchev–Trinajstić information content (AvgIpc) is 3.21. The molecule has 0 radical (unpaired) electrons. The fourth-order valence-corrected chi connectivity index (χ4v) is 5.48. The number of hydrogen-bond acceptors (Lipinski definition) is 8. The molecule has 1 aliphatic heterocycles. The standard InChI is InChI=1S/C30H31N3O5S/c1-6-36-24-16-20(8-13-23(24)38-15-14-31)17-25-28(34)33-27(22-11-9-21(10-12-22)18(3)4)26(29(35)37-7-2)19(5)32-30(33)39-25/h8-13,16-18,27H,6-7,15H2,1-5H3. The molecule has 8 nitrogen and oxygen atoms in total. The first-order chi connectivity index (χ1) is 18.8. The first-order valence-corrected chi connectivity index (χ1v) is 13.7. The van der Waals surface area contributed by atoms with Crippen LogP contribution in [0.4, 0.5) is 0 Å². The number of rotatable bonds is 9. The first kappa shape index (κ1) is 27.9. The summed E-state index contributed by atoms with van der Waals surface area (Å²) < 4.78 is 18.6. The van der Waals surface area contributed by atoms with Gasteiger partial charge >= 0.3 is 5.97 Å². The number of hydrogen-bond donors (Lipinski definition) is 0. The van der Waals surface area contributed by atoms with Gasteiger partial charge in [0.15, 0.2) is 22.9 Å². The van der Waals surface area contributed by atoms with Gasteiger partial charge in [0.05, 0.1) is 35.1 Å². The molecule has 2 heterocycles. The van der Waals surface area contributed by atoms with Crippen molar-refractivity contribution in [1.82, 2.24) is 4.57 Å². The van der Waals surface area contributed by atoms with Crippen molar-refractivity contribution in [3.05, 3.63) is 90.1 Å². The van der Waals surface area contributed by atoms with Crippen LogP contribution in [0.15, 0.2) is 63.5 Å². The van der Waals surface area contributed by atoms with Gasteiger partial charge in [-0.2, -0.15) is 5.26 Å². The van der Waals surface area contributed by atoms with Gasteiger partial charge in [-0.25, -0.2) is 9.79 Å². The van der Waals surface area contributed by atoms with E-state index in [4.69, 9.17) is 19.5 Å². The third-order valence-electron chi connectivity index (χ3n) is 6.29. The highest BCUT2D eigenvalue weighted by Gasteiger charge is 2.33. The lowest BCUT2D eigenvalue weighted by atomic mass is 9.93. The molecule has 0 aliphatic carbocycles. The SMILES string of the molecule is CCOC(=O)C1=C(C)N=c2sc(=Cc3ccc(OCC#N)c(OCC)c3)c(=O)n2C1c1ccc(C(C)C)cc1. The topological polar surface area (TPSA) is 103 Å². The molecule has 0 bridgehead atoms. The van der Waals surface area contributed by atoms with E-state index in [1.165, 1.54) is 11.3 Å². The van der Waals surface area contributed by atoms with Crippen molar-refractivity contribution in [3.63, 3.8) is 0 Å². The Labute approximate surface area is 231 Å². The van der Waals surface area contributed by atoms with Crippen molar-refractivity contribution in [2.24, 2.45) is 4.99 Å². The fourth-order valence-electron chi connectivity index (χ4n) is 4.43. The molecule has 0 amide bonds. The highest BCUT2D eigenvalue weighted by atomic mass is 32.1. The molecule has 1 aliphatic rings. The normalized spacial score (nSPS) is 15.0. The maximum atomic E-state index is 13.8. The van der Waals surface area contributed by atoms with Crippen LogP contribution >= 0.6 is 11.3 Å². The van der Waals surface area contributed by atoms with Crippen LogP contribution in [0, 0.1) is 11.3 Å². The number of nitrogens with zero attached hydrogens (tertiary/aromatic N) is 3. The van der Waals surface area contributed by atoms with Gasteiger partial charge in [-0.1, -0.05) is 55.5 Å². The summed E-state index contributed by atoms with van der Waals surface area (Å²) in [5, 5.41) is 8.85. The summed E-state index contributed by atoms with van der Waals surface area (Å²) in [4.78, 5) is 32.1. The minimum atomic E-state index is -0.663. The number of allylic oxidation sites excluding steroid dienone is 1. The van der Waals surface area contributed by atoms with E-state index in [1.54, 1.807) is 42.7 Å². The van der Waals surface area contributed by atoms with Crippen molar-refractivity contribution >= 4 is 23.4 Å². The Morgan fingerprint density at radius 1 is 1.13 bits per heavy atom. The summed E-state index contributed by atoms with van der Waals surface area (Å²) in [7, 11) is 0. The number of fused-ring (bicyclic) bond motifs is 1. The van der Waals surface area contributed by atoms with Gasteiger partial charge in [-0.15, -0.1) is 0 Å². The quantitative estimate of drug-likeness (QED) is 0.373. The zero-order chi connectivity index (χ0) is 28.1. The summed E-state index contributed by atoms with van der Waals surface area (Å²) in [6.07, 6.45) is 1.77. The highest BCUT2D eigenvalue weighted by molar-refractivity contribution is 7.07. The van der Waals surface area contributed by atoms with Crippen molar-refractivity contribution < 1.29 is 19.0 Å². The third-order valence-corrected chi connectivity index (χ3v) is 7.28. The largest absolute Gasteiger partial charge is 0.490 e. The molecule has 0 fully saturated rings. The number of esters is 1. The van der Waals surface area contributed by atoms with Gasteiger partial charge in [0.2, 0.25) is 0 Å². The molecule has 39 heavy (non-hydrogen) atoms. The van der Waals surface area contributed by atoms with Gasteiger partial charge in [-0.3, -0.25) is 9.36 Å². The molecule has 1 unspecified atom stereocenters. The van der Waals surface area contributed by atoms with E-state index >= 15 is 0 Å². The average molecular weight is 546 g/mol. The number of thiazole rings is 1. The van der Waals surface area contributed by atoms with E-state index in [2.05, 4.69) is 18.8 Å². The Hall–Kier alpha value is -4.16. The van der Waals surface area contributed by atoms with Crippen molar-refractivity contribution in [2.45, 2.75) is 46.6 Å². The van der Waals surface area contributed by atoms with Gasteiger partial charge in [-0.05, 0) is 61.6 Å². The van der Waals surface area contributed by atoms with E-state index in [1.807, 2.05) is 37.3 Å². The lowest BCUT2D eigenvalue weighted by molar-refractivity contribution is -0.139. The van der Waals surface area contributed by atoms with Crippen molar-refractivity contribution in [3.8, 4) is 17.6 Å². The minimum Gasteiger partial charge on any atom is -0.490 e. The molecule has 1 aromatic heterocycles. The second-order valence-electron chi connectivity index (χ2n) is 9.21. The minimum absolute atomic E-state index is 0.0989. The molecular weight excluding hydrogens is 514 g/mol. The highest BCUT2D eigenvalue weighted by Crippen LogP contribution is 2.32. The number of ether oxygens (including phenoxy) is 3. The molecule has 0 saturated heterocycles. The van der Waals surface area contributed by atoms with Crippen LogP contribution in [-0.4, -0.2) is 30.4 Å². The Bertz CT molecular complexity index is 1620. The number of benzene rings is 2. The van der Waals surface area contributed by atoms with Crippen molar-refractivity contribution in [1.29, 1.82) is 5.26 Å². The maximum absolute atomic E-state index is 13.8. The Kier molecular flexibility index (Phi) is 8.67. The third kappa shape index (κ3) is 5.81. The fraction of sp³-hybridized carbons (Fsp3) is 0.333.